The van der Waals surface area contributed by atoms with Crippen molar-refractivity contribution in [1.29, 1.82) is 0 Å². The molecule has 0 fully saturated rings. The van der Waals surface area contributed by atoms with Crippen LogP contribution in [0, 0.1) is 20.8 Å². The van der Waals surface area contributed by atoms with Crippen LogP contribution in [0.1, 0.15) is 29.5 Å². The molecular formula is C16H25N3O3. The van der Waals surface area contributed by atoms with E-state index in [1.807, 2.05) is 32.9 Å². The summed E-state index contributed by atoms with van der Waals surface area (Å²) < 4.78 is 0. The molecule has 0 radical (unpaired) electrons. The van der Waals surface area contributed by atoms with Crippen LogP contribution in [0.25, 0.3) is 0 Å². The van der Waals surface area contributed by atoms with Crippen LogP contribution in [-0.2, 0) is 9.59 Å². The fourth-order valence-corrected chi connectivity index (χ4v) is 2.38. The first-order valence-corrected chi connectivity index (χ1v) is 7.39. The summed E-state index contributed by atoms with van der Waals surface area (Å²) in [4.78, 5) is 23.3. The zero-order valence-corrected chi connectivity index (χ0v) is 13.4. The molecule has 0 heterocycles. The van der Waals surface area contributed by atoms with Gasteiger partial charge in [0.1, 0.15) is 6.04 Å². The number of benzene rings is 1. The maximum absolute atomic E-state index is 12.1. The van der Waals surface area contributed by atoms with Gasteiger partial charge in [0, 0.05) is 5.69 Å². The van der Waals surface area contributed by atoms with Crippen LogP contribution in [0.2, 0.25) is 0 Å². The van der Waals surface area contributed by atoms with Crippen molar-refractivity contribution in [3.63, 3.8) is 0 Å². The highest BCUT2D eigenvalue weighted by Gasteiger charge is 2.21. The van der Waals surface area contributed by atoms with Crippen molar-refractivity contribution in [2.45, 2.75) is 39.7 Å². The number of nitrogens with two attached hydrogens (primary N) is 1. The number of nitrogens with one attached hydrogen (secondary N) is 2. The minimum absolute atomic E-state index is 0.118. The van der Waals surface area contributed by atoms with E-state index in [2.05, 4.69) is 10.6 Å². The molecule has 0 aliphatic rings. The number of carbonyl (C=O) groups excluding carboxylic acids is 1. The van der Waals surface area contributed by atoms with E-state index in [4.69, 9.17) is 10.8 Å². The van der Waals surface area contributed by atoms with Gasteiger partial charge in [0.15, 0.2) is 0 Å². The van der Waals surface area contributed by atoms with Crippen molar-refractivity contribution < 1.29 is 14.7 Å². The van der Waals surface area contributed by atoms with Crippen molar-refractivity contribution in [3.05, 3.63) is 28.8 Å². The number of aliphatic carboxylic acids is 1. The monoisotopic (exact) mass is 307 g/mol. The standard InChI is InChI=1S/C16H25N3O3/c1-10-7-11(2)15(12(3)8-10)19-14(20)9-13(16(21)22)18-6-4-5-17/h7-8,13,18H,4-6,9,17H2,1-3H3,(H,19,20)(H,21,22)/t13-/m0/s1. The molecule has 6 heteroatoms. The highest BCUT2D eigenvalue weighted by atomic mass is 16.4. The number of carboxylic acids is 1. The van der Waals surface area contributed by atoms with Gasteiger partial charge in [-0.2, -0.15) is 0 Å². The number of carboxylic acid groups (broad SMARTS) is 1. The summed E-state index contributed by atoms with van der Waals surface area (Å²) in [5.74, 6) is -1.35. The van der Waals surface area contributed by atoms with Crippen LogP contribution in [0.4, 0.5) is 5.69 Å². The van der Waals surface area contributed by atoms with Gasteiger partial charge in [-0.3, -0.25) is 9.59 Å². The second-order valence-electron chi connectivity index (χ2n) is 5.51. The predicted molar refractivity (Wildman–Crippen MR) is 87.0 cm³/mol. The van der Waals surface area contributed by atoms with E-state index in [9.17, 15) is 9.59 Å². The fourth-order valence-electron chi connectivity index (χ4n) is 2.38. The van der Waals surface area contributed by atoms with Gasteiger partial charge in [-0.25, -0.2) is 0 Å². The van der Waals surface area contributed by atoms with E-state index in [1.54, 1.807) is 0 Å². The van der Waals surface area contributed by atoms with Gasteiger partial charge < -0.3 is 21.5 Å². The Labute approximate surface area is 131 Å². The first kappa shape index (κ1) is 18.1. The molecule has 1 atom stereocenters. The maximum atomic E-state index is 12.1. The number of rotatable bonds is 8. The van der Waals surface area contributed by atoms with Crippen molar-refractivity contribution in [2.24, 2.45) is 5.73 Å². The fraction of sp³-hybridized carbons (Fsp3) is 0.500. The van der Waals surface area contributed by atoms with Crippen LogP contribution in [0.5, 0.6) is 0 Å². The van der Waals surface area contributed by atoms with Crippen LogP contribution in [0.3, 0.4) is 0 Å². The minimum atomic E-state index is -1.04. The number of anilines is 1. The Morgan fingerprint density at radius 2 is 1.82 bits per heavy atom. The lowest BCUT2D eigenvalue weighted by Gasteiger charge is -2.16. The normalized spacial score (nSPS) is 12.0. The molecule has 0 aliphatic carbocycles. The molecule has 0 bridgehead atoms. The minimum Gasteiger partial charge on any atom is -0.480 e. The lowest BCUT2D eigenvalue weighted by Crippen LogP contribution is -2.40. The molecule has 0 saturated heterocycles. The Bertz CT molecular complexity index is 520. The first-order valence-electron chi connectivity index (χ1n) is 7.39. The van der Waals surface area contributed by atoms with Gasteiger partial charge in [0.25, 0.3) is 0 Å². The lowest BCUT2D eigenvalue weighted by atomic mass is 10.0. The molecule has 6 nitrogen and oxygen atoms in total. The summed E-state index contributed by atoms with van der Waals surface area (Å²) in [6.07, 6.45) is 0.550. The van der Waals surface area contributed by atoms with Crippen LogP contribution < -0.4 is 16.4 Å². The average Bonchev–Trinajstić information content (AvgIpc) is 2.41. The van der Waals surface area contributed by atoms with E-state index in [1.165, 1.54) is 0 Å². The largest absolute Gasteiger partial charge is 0.480 e. The lowest BCUT2D eigenvalue weighted by molar-refractivity contribution is -0.141. The van der Waals surface area contributed by atoms with Gasteiger partial charge >= 0.3 is 5.97 Å². The van der Waals surface area contributed by atoms with E-state index in [0.717, 1.165) is 22.4 Å². The van der Waals surface area contributed by atoms with E-state index in [-0.39, 0.29) is 12.3 Å². The van der Waals surface area contributed by atoms with Gasteiger partial charge in [-0.15, -0.1) is 0 Å². The highest BCUT2D eigenvalue weighted by Crippen LogP contribution is 2.22. The van der Waals surface area contributed by atoms with Crippen molar-refractivity contribution in [3.8, 4) is 0 Å². The number of aryl methyl sites for hydroxylation is 3. The summed E-state index contributed by atoms with van der Waals surface area (Å²) in [5, 5.41) is 14.8. The number of hydrogen-bond acceptors (Lipinski definition) is 4. The summed E-state index contributed by atoms with van der Waals surface area (Å²) in [5.41, 5.74) is 9.18. The zero-order valence-electron chi connectivity index (χ0n) is 13.4. The third-order valence-corrected chi connectivity index (χ3v) is 3.40. The van der Waals surface area contributed by atoms with Crippen molar-refractivity contribution >= 4 is 17.6 Å². The summed E-state index contributed by atoms with van der Waals surface area (Å²) in [6, 6.07) is 3.06. The van der Waals surface area contributed by atoms with Gasteiger partial charge in [-0.1, -0.05) is 17.7 Å². The number of hydrogen-bond donors (Lipinski definition) is 4. The molecule has 0 aliphatic heterocycles. The van der Waals surface area contributed by atoms with Gasteiger partial charge in [0.2, 0.25) is 5.91 Å². The second-order valence-corrected chi connectivity index (χ2v) is 5.51. The van der Waals surface area contributed by atoms with E-state index >= 15 is 0 Å². The zero-order chi connectivity index (χ0) is 16.7. The Balaban J connectivity index is 2.70. The molecule has 1 aromatic rings. The molecule has 122 valence electrons. The Morgan fingerprint density at radius 1 is 1.23 bits per heavy atom. The Hall–Kier alpha value is -1.92. The molecule has 1 aromatic carbocycles. The quantitative estimate of drug-likeness (QED) is 0.542. The predicted octanol–water partition coefficient (Wildman–Crippen LogP) is 1.33. The topological polar surface area (TPSA) is 104 Å². The summed E-state index contributed by atoms with van der Waals surface area (Å²) >= 11 is 0. The van der Waals surface area contributed by atoms with Crippen molar-refractivity contribution in [2.75, 3.05) is 18.4 Å². The molecular weight excluding hydrogens is 282 g/mol. The molecule has 0 spiro atoms. The third kappa shape index (κ3) is 5.46. The molecule has 0 saturated carbocycles. The third-order valence-electron chi connectivity index (χ3n) is 3.40. The molecule has 0 unspecified atom stereocenters. The number of amides is 1. The van der Waals surface area contributed by atoms with Gasteiger partial charge in [0.05, 0.1) is 6.42 Å². The SMILES string of the molecule is Cc1cc(C)c(NC(=O)C[C@H](NCCCN)C(=O)O)c(C)c1. The van der Waals surface area contributed by atoms with E-state index < -0.39 is 12.0 Å². The molecule has 22 heavy (non-hydrogen) atoms. The summed E-state index contributed by atoms with van der Waals surface area (Å²) in [7, 11) is 0. The molecule has 0 aromatic heterocycles. The summed E-state index contributed by atoms with van der Waals surface area (Å²) in [6.45, 7) is 6.79. The second kappa shape index (κ2) is 8.51. The molecule has 1 rings (SSSR count). The van der Waals surface area contributed by atoms with E-state index in [0.29, 0.717) is 19.5 Å². The van der Waals surface area contributed by atoms with Crippen LogP contribution >= 0.6 is 0 Å². The van der Waals surface area contributed by atoms with Crippen LogP contribution in [0.15, 0.2) is 12.1 Å². The Morgan fingerprint density at radius 3 is 2.32 bits per heavy atom. The molecule has 1 amide bonds. The molecule has 5 N–H and O–H groups in total. The van der Waals surface area contributed by atoms with Crippen molar-refractivity contribution in [1.82, 2.24) is 5.32 Å². The average molecular weight is 307 g/mol. The van der Waals surface area contributed by atoms with Crippen LogP contribution in [-0.4, -0.2) is 36.1 Å². The highest BCUT2D eigenvalue weighted by molar-refractivity contribution is 5.95. The maximum Gasteiger partial charge on any atom is 0.321 e. The smallest absolute Gasteiger partial charge is 0.321 e. The first-order chi connectivity index (χ1) is 10.3. The van der Waals surface area contributed by atoms with Gasteiger partial charge in [-0.05, 0) is 51.4 Å². The Kier molecular flexibility index (Phi) is 7.01. The number of carbonyl (C=O) groups is 2.